The molecule has 4 nitrogen and oxygen atoms in total. The molecule has 2 rings (SSSR count). The van der Waals surface area contributed by atoms with E-state index in [-0.39, 0.29) is 10.7 Å². The average molecular weight is 280 g/mol. The van der Waals surface area contributed by atoms with Crippen molar-refractivity contribution in [2.45, 2.75) is 0 Å². The number of amides is 1. The van der Waals surface area contributed by atoms with Crippen LogP contribution in [0.5, 0.6) is 0 Å². The van der Waals surface area contributed by atoms with Gasteiger partial charge in [-0.2, -0.15) is 0 Å². The number of rotatable bonds is 3. The lowest BCUT2D eigenvalue weighted by molar-refractivity contribution is 0.102. The van der Waals surface area contributed by atoms with Gasteiger partial charge >= 0.3 is 0 Å². The monoisotopic (exact) mass is 279 g/mol. The standard InChI is InChI=1S/C13H11ClFN3O/c1-16-11-6-5-8(7-17-11)13(19)18-10-4-2-3-9(14)12(10)15/h2-7H,1H3,(H,16,17)(H,18,19). The van der Waals surface area contributed by atoms with Gasteiger partial charge in [-0.15, -0.1) is 0 Å². The number of nitrogens with one attached hydrogen (secondary N) is 2. The highest BCUT2D eigenvalue weighted by atomic mass is 35.5. The van der Waals surface area contributed by atoms with Crippen LogP contribution < -0.4 is 10.6 Å². The molecule has 0 saturated heterocycles. The number of carbonyl (C=O) groups is 1. The third kappa shape index (κ3) is 3.00. The first kappa shape index (κ1) is 13.3. The molecule has 1 aromatic heterocycles. The number of aromatic nitrogens is 1. The second kappa shape index (κ2) is 5.67. The van der Waals surface area contributed by atoms with E-state index in [0.29, 0.717) is 11.4 Å². The lowest BCUT2D eigenvalue weighted by Gasteiger charge is -2.07. The molecular weight excluding hydrogens is 269 g/mol. The van der Waals surface area contributed by atoms with Gasteiger partial charge in [0.2, 0.25) is 0 Å². The Hall–Kier alpha value is -2.14. The van der Waals surface area contributed by atoms with E-state index >= 15 is 0 Å². The minimum absolute atomic E-state index is 0.0372. The fraction of sp³-hybridized carbons (Fsp3) is 0.0769. The van der Waals surface area contributed by atoms with Crippen molar-refractivity contribution in [3.63, 3.8) is 0 Å². The molecule has 0 aliphatic rings. The van der Waals surface area contributed by atoms with E-state index in [2.05, 4.69) is 15.6 Å². The van der Waals surface area contributed by atoms with E-state index in [0.717, 1.165) is 0 Å². The van der Waals surface area contributed by atoms with Crippen molar-refractivity contribution in [2.75, 3.05) is 17.7 Å². The normalized spacial score (nSPS) is 10.1. The summed E-state index contributed by atoms with van der Waals surface area (Å²) in [7, 11) is 1.73. The predicted octanol–water partition coefficient (Wildman–Crippen LogP) is 3.17. The molecule has 19 heavy (non-hydrogen) atoms. The van der Waals surface area contributed by atoms with Crippen molar-refractivity contribution in [3.8, 4) is 0 Å². The zero-order valence-electron chi connectivity index (χ0n) is 10.1. The van der Waals surface area contributed by atoms with Crippen molar-refractivity contribution in [1.82, 2.24) is 4.98 Å². The van der Waals surface area contributed by atoms with Gasteiger partial charge in [0, 0.05) is 13.2 Å². The van der Waals surface area contributed by atoms with Crippen LogP contribution in [0.1, 0.15) is 10.4 Å². The summed E-state index contributed by atoms with van der Waals surface area (Å²) < 4.78 is 13.6. The highest BCUT2D eigenvalue weighted by Crippen LogP contribution is 2.22. The number of nitrogens with zero attached hydrogens (tertiary/aromatic N) is 1. The molecular formula is C13H11ClFN3O. The van der Waals surface area contributed by atoms with Crippen LogP contribution in [0.25, 0.3) is 0 Å². The second-order valence-electron chi connectivity index (χ2n) is 3.74. The summed E-state index contributed by atoms with van der Waals surface area (Å²) in [6.07, 6.45) is 1.41. The molecule has 6 heteroatoms. The Morgan fingerprint density at radius 2 is 2.11 bits per heavy atom. The third-order valence-corrected chi connectivity index (χ3v) is 2.77. The average Bonchev–Trinajstić information content (AvgIpc) is 2.44. The topological polar surface area (TPSA) is 54.0 Å². The summed E-state index contributed by atoms with van der Waals surface area (Å²) in [4.78, 5) is 15.9. The Balaban J connectivity index is 2.18. The van der Waals surface area contributed by atoms with Crippen molar-refractivity contribution in [1.29, 1.82) is 0 Å². The molecule has 0 aliphatic carbocycles. The van der Waals surface area contributed by atoms with Crippen LogP contribution in [0.4, 0.5) is 15.9 Å². The molecule has 0 fully saturated rings. The van der Waals surface area contributed by atoms with E-state index in [1.807, 2.05) is 0 Å². The smallest absolute Gasteiger partial charge is 0.257 e. The SMILES string of the molecule is CNc1ccc(C(=O)Nc2cccc(Cl)c2F)cn1. The molecule has 0 radical (unpaired) electrons. The number of pyridine rings is 1. The maximum atomic E-state index is 13.6. The number of anilines is 2. The Morgan fingerprint density at radius 3 is 2.74 bits per heavy atom. The number of halogens is 2. The number of benzene rings is 1. The van der Waals surface area contributed by atoms with Gasteiger partial charge in [0.1, 0.15) is 5.82 Å². The van der Waals surface area contributed by atoms with Gasteiger partial charge in [-0.3, -0.25) is 4.79 Å². The van der Waals surface area contributed by atoms with Crippen LogP contribution in [0.15, 0.2) is 36.5 Å². The zero-order valence-corrected chi connectivity index (χ0v) is 10.8. The van der Waals surface area contributed by atoms with Crippen LogP contribution in [0.3, 0.4) is 0 Å². The quantitative estimate of drug-likeness (QED) is 0.907. The largest absolute Gasteiger partial charge is 0.373 e. The summed E-state index contributed by atoms with van der Waals surface area (Å²) in [6.45, 7) is 0. The van der Waals surface area contributed by atoms with Crippen molar-refractivity contribution in [3.05, 3.63) is 52.9 Å². The Morgan fingerprint density at radius 1 is 1.32 bits per heavy atom. The first-order valence-electron chi connectivity index (χ1n) is 5.51. The van der Waals surface area contributed by atoms with Gasteiger partial charge in [0.05, 0.1) is 16.3 Å². The minimum atomic E-state index is -0.655. The van der Waals surface area contributed by atoms with Gasteiger partial charge in [-0.05, 0) is 24.3 Å². The summed E-state index contributed by atoms with van der Waals surface area (Å²) in [6, 6.07) is 7.66. The number of hydrogen-bond acceptors (Lipinski definition) is 3. The van der Waals surface area contributed by atoms with Gasteiger partial charge < -0.3 is 10.6 Å². The minimum Gasteiger partial charge on any atom is -0.373 e. The first-order valence-corrected chi connectivity index (χ1v) is 5.89. The van der Waals surface area contributed by atoms with E-state index in [1.165, 1.54) is 18.3 Å². The maximum absolute atomic E-state index is 13.6. The third-order valence-electron chi connectivity index (χ3n) is 2.48. The molecule has 1 heterocycles. The molecule has 0 spiro atoms. The molecule has 0 unspecified atom stereocenters. The lowest BCUT2D eigenvalue weighted by Crippen LogP contribution is -2.13. The Bertz CT molecular complexity index is 601. The zero-order chi connectivity index (χ0) is 13.8. The summed E-state index contributed by atoms with van der Waals surface area (Å²) in [5, 5.41) is 5.24. The van der Waals surface area contributed by atoms with E-state index < -0.39 is 11.7 Å². The number of hydrogen-bond donors (Lipinski definition) is 2. The number of carbonyl (C=O) groups excluding carboxylic acids is 1. The molecule has 0 saturated carbocycles. The van der Waals surface area contributed by atoms with Gasteiger partial charge in [0.25, 0.3) is 5.91 Å². The molecule has 1 aromatic carbocycles. The second-order valence-corrected chi connectivity index (χ2v) is 4.14. The van der Waals surface area contributed by atoms with E-state index in [9.17, 15) is 9.18 Å². The van der Waals surface area contributed by atoms with Crippen molar-refractivity contribution >= 4 is 29.0 Å². The highest BCUT2D eigenvalue weighted by molar-refractivity contribution is 6.31. The fourth-order valence-corrected chi connectivity index (χ4v) is 1.65. The van der Waals surface area contributed by atoms with Crippen LogP contribution in [-0.2, 0) is 0 Å². The summed E-state index contributed by atoms with van der Waals surface area (Å²) in [5.74, 6) is -0.459. The highest BCUT2D eigenvalue weighted by Gasteiger charge is 2.11. The Kier molecular flexibility index (Phi) is 3.97. The summed E-state index contributed by atoms with van der Waals surface area (Å²) in [5.41, 5.74) is 0.369. The van der Waals surface area contributed by atoms with Gasteiger partial charge in [-0.25, -0.2) is 9.37 Å². The Labute approximate surface area is 114 Å². The van der Waals surface area contributed by atoms with Crippen molar-refractivity contribution in [2.24, 2.45) is 0 Å². The van der Waals surface area contributed by atoms with Crippen LogP contribution in [0.2, 0.25) is 5.02 Å². The van der Waals surface area contributed by atoms with E-state index in [4.69, 9.17) is 11.6 Å². The van der Waals surface area contributed by atoms with Crippen molar-refractivity contribution < 1.29 is 9.18 Å². The van der Waals surface area contributed by atoms with Gasteiger partial charge in [-0.1, -0.05) is 17.7 Å². The van der Waals surface area contributed by atoms with Crippen LogP contribution in [0, 0.1) is 5.82 Å². The summed E-state index contributed by atoms with van der Waals surface area (Å²) >= 11 is 5.64. The van der Waals surface area contributed by atoms with Gasteiger partial charge in [0.15, 0.2) is 5.82 Å². The first-order chi connectivity index (χ1) is 9.11. The molecule has 1 amide bonds. The lowest BCUT2D eigenvalue weighted by atomic mass is 10.2. The maximum Gasteiger partial charge on any atom is 0.257 e. The molecule has 98 valence electrons. The van der Waals surface area contributed by atoms with Crippen LogP contribution >= 0.6 is 11.6 Å². The molecule has 0 atom stereocenters. The molecule has 0 bridgehead atoms. The molecule has 0 aliphatic heterocycles. The van der Waals surface area contributed by atoms with E-state index in [1.54, 1.807) is 25.2 Å². The molecule has 2 N–H and O–H groups in total. The molecule has 2 aromatic rings. The fourth-order valence-electron chi connectivity index (χ4n) is 1.47. The predicted molar refractivity (Wildman–Crippen MR) is 73.1 cm³/mol. The van der Waals surface area contributed by atoms with Crippen LogP contribution in [-0.4, -0.2) is 17.9 Å².